The van der Waals surface area contributed by atoms with E-state index in [9.17, 15) is 9.59 Å². The summed E-state index contributed by atoms with van der Waals surface area (Å²) >= 11 is 0. The predicted octanol–water partition coefficient (Wildman–Crippen LogP) is 4.55. The SMILES string of the molecule is Cc1ccc(C(c2c(N)c3ccccc3oc2=O)c2c(N)c3ccccc3oc2=O)cc1. The van der Waals surface area contributed by atoms with Gasteiger partial charge in [-0.15, -0.1) is 0 Å². The topological polar surface area (TPSA) is 112 Å². The lowest BCUT2D eigenvalue weighted by atomic mass is 9.83. The fraction of sp³-hybridized carbons (Fsp3) is 0.0769. The van der Waals surface area contributed by atoms with E-state index in [-0.39, 0.29) is 22.5 Å². The number of nitrogens with two attached hydrogens (primary N) is 2. The minimum Gasteiger partial charge on any atom is -0.422 e. The number of nitrogen functional groups attached to an aromatic ring is 2. The Morgan fingerprint density at radius 3 is 1.56 bits per heavy atom. The monoisotopic (exact) mass is 424 g/mol. The number of fused-ring (bicyclic) bond motifs is 2. The zero-order valence-electron chi connectivity index (χ0n) is 17.3. The van der Waals surface area contributed by atoms with E-state index in [1.807, 2.05) is 43.3 Å². The number of rotatable bonds is 3. The predicted molar refractivity (Wildman–Crippen MR) is 126 cm³/mol. The van der Waals surface area contributed by atoms with Crippen LogP contribution in [-0.4, -0.2) is 0 Å². The summed E-state index contributed by atoms with van der Waals surface area (Å²) in [5.41, 5.74) is 15.0. The lowest BCUT2D eigenvalue weighted by Crippen LogP contribution is -2.24. The molecular formula is C26H20N2O4. The molecule has 0 aliphatic carbocycles. The van der Waals surface area contributed by atoms with Crippen LogP contribution in [0.25, 0.3) is 21.9 Å². The fourth-order valence-electron chi connectivity index (χ4n) is 4.16. The Morgan fingerprint density at radius 1 is 0.656 bits per heavy atom. The molecule has 0 saturated heterocycles. The molecule has 2 aromatic heterocycles. The second-order valence-electron chi connectivity index (χ2n) is 7.77. The first kappa shape index (κ1) is 19.6. The highest BCUT2D eigenvalue weighted by molar-refractivity contribution is 5.93. The summed E-state index contributed by atoms with van der Waals surface area (Å²) in [6, 6.07) is 21.5. The van der Waals surface area contributed by atoms with Crippen molar-refractivity contribution in [1.82, 2.24) is 0 Å². The van der Waals surface area contributed by atoms with Crippen molar-refractivity contribution in [2.45, 2.75) is 12.8 Å². The van der Waals surface area contributed by atoms with Crippen LogP contribution in [0.4, 0.5) is 11.4 Å². The molecule has 0 radical (unpaired) electrons. The van der Waals surface area contributed by atoms with Crippen molar-refractivity contribution in [3.63, 3.8) is 0 Å². The van der Waals surface area contributed by atoms with Gasteiger partial charge in [0.05, 0.1) is 28.4 Å². The van der Waals surface area contributed by atoms with Crippen LogP contribution in [0.1, 0.15) is 28.2 Å². The van der Waals surface area contributed by atoms with Crippen molar-refractivity contribution < 1.29 is 8.83 Å². The van der Waals surface area contributed by atoms with Gasteiger partial charge in [0.1, 0.15) is 11.2 Å². The Labute approximate surface area is 182 Å². The smallest absolute Gasteiger partial charge is 0.342 e. The summed E-state index contributed by atoms with van der Waals surface area (Å²) in [7, 11) is 0. The van der Waals surface area contributed by atoms with E-state index in [0.29, 0.717) is 27.5 Å². The molecule has 0 fully saturated rings. The van der Waals surface area contributed by atoms with E-state index in [1.165, 1.54) is 0 Å². The zero-order valence-corrected chi connectivity index (χ0v) is 17.3. The lowest BCUT2D eigenvalue weighted by Gasteiger charge is -2.21. The van der Waals surface area contributed by atoms with Gasteiger partial charge in [0.15, 0.2) is 0 Å². The second kappa shape index (κ2) is 7.42. The molecule has 0 amide bonds. The van der Waals surface area contributed by atoms with E-state index >= 15 is 0 Å². The van der Waals surface area contributed by atoms with Crippen LogP contribution >= 0.6 is 0 Å². The molecular weight excluding hydrogens is 404 g/mol. The van der Waals surface area contributed by atoms with Crippen LogP contribution in [0.3, 0.4) is 0 Å². The van der Waals surface area contributed by atoms with Crippen molar-refractivity contribution in [3.8, 4) is 0 Å². The molecule has 5 aromatic rings. The highest BCUT2D eigenvalue weighted by Crippen LogP contribution is 2.38. The maximum Gasteiger partial charge on any atom is 0.342 e. The van der Waals surface area contributed by atoms with Gasteiger partial charge in [-0.3, -0.25) is 0 Å². The number of aryl methyl sites for hydroxylation is 1. The highest BCUT2D eigenvalue weighted by atomic mass is 16.4. The summed E-state index contributed by atoms with van der Waals surface area (Å²) in [6.45, 7) is 1.95. The Balaban J connectivity index is 1.91. The Hall–Kier alpha value is -4.32. The summed E-state index contributed by atoms with van der Waals surface area (Å²) < 4.78 is 11.2. The minimum atomic E-state index is -0.864. The maximum atomic E-state index is 13.2. The summed E-state index contributed by atoms with van der Waals surface area (Å²) in [5, 5.41) is 1.17. The third kappa shape index (κ3) is 3.04. The van der Waals surface area contributed by atoms with Crippen LogP contribution < -0.4 is 22.7 Å². The van der Waals surface area contributed by atoms with E-state index in [1.54, 1.807) is 36.4 Å². The fourth-order valence-corrected chi connectivity index (χ4v) is 4.16. The quantitative estimate of drug-likeness (QED) is 0.411. The average molecular weight is 424 g/mol. The molecule has 158 valence electrons. The van der Waals surface area contributed by atoms with Crippen molar-refractivity contribution in [3.05, 3.63) is 116 Å². The number of para-hydroxylation sites is 2. The first-order valence-corrected chi connectivity index (χ1v) is 10.1. The van der Waals surface area contributed by atoms with Gasteiger partial charge in [0.2, 0.25) is 0 Å². The molecule has 6 heteroatoms. The highest BCUT2D eigenvalue weighted by Gasteiger charge is 2.30. The maximum absolute atomic E-state index is 13.2. The first-order valence-electron chi connectivity index (χ1n) is 10.1. The van der Waals surface area contributed by atoms with Gasteiger partial charge in [-0.2, -0.15) is 0 Å². The third-order valence-corrected chi connectivity index (χ3v) is 5.77. The van der Waals surface area contributed by atoms with Gasteiger partial charge in [0, 0.05) is 10.8 Å². The van der Waals surface area contributed by atoms with Gasteiger partial charge >= 0.3 is 11.3 Å². The first-order chi connectivity index (χ1) is 15.5. The molecule has 3 aromatic carbocycles. The van der Waals surface area contributed by atoms with Crippen molar-refractivity contribution in [2.75, 3.05) is 11.5 Å². The second-order valence-corrected chi connectivity index (χ2v) is 7.77. The molecule has 6 nitrogen and oxygen atoms in total. The summed E-state index contributed by atoms with van der Waals surface area (Å²) in [4.78, 5) is 26.4. The molecule has 2 heterocycles. The molecule has 0 aliphatic heterocycles. The Bertz CT molecular complexity index is 1500. The van der Waals surface area contributed by atoms with E-state index in [4.69, 9.17) is 20.3 Å². The molecule has 5 rings (SSSR count). The molecule has 32 heavy (non-hydrogen) atoms. The van der Waals surface area contributed by atoms with Crippen molar-refractivity contribution >= 4 is 33.3 Å². The number of anilines is 2. The van der Waals surface area contributed by atoms with Gasteiger partial charge in [-0.1, -0.05) is 54.1 Å². The van der Waals surface area contributed by atoms with Crippen molar-refractivity contribution in [2.24, 2.45) is 0 Å². The van der Waals surface area contributed by atoms with Gasteiger partial charge < -0.3 is 20.3 Å². The summed E-state index contributed by atoms with van der Waals surface area (Å²) in [5.74, 6) is -0.864. The van der Waals surface area contributed by atoms with Crippen LogP contribution in [0.2, 0.25) is 0 Å². The van der Waals surface area contributed by atoms with E-state index < -0.39 is 17.2 Å². The zero-order chi connectivity index (χ0) is 22.4. The van der Waals surface area contributed by atoms with Crippen LogP contribution in [0.5, 0.6) is 0 Å². The molecule has 0 saturated carbocycles. The largest absolute Gasteiger partial charge is 0.422 e. The Kier molecular flexibility index (Phi) is 4.56. The Morgan fingerprint density at radius 2 is 1.09 bits per heavy atom. The average Bonchev–Trinajstić information content (AvgIpc) is 2.78. The molecule has 0 spiro atoms. The van der Waals surface area contributed by atoms with E-state index in [2.05, 4.69) is 0 Å². The summed E-state index contributed by atoms with van der Waals surface area (Å²) in [6.07, 6.45) is 0. The molecule has 0 aliphatic rings. The van der Waals surface area contributed by atoms with Crippen molar-refractivity contribution in [1.29, 1.82) is 0 Å². The van der Waals surface area contributed by atoms with Gasteiger partial charge in [-0.05, 0) is 36.8 Å². The van der Waals surface area contributed by atoms with Crippen LogP contribution in [0.15, 0.2) is 91.2 Å². The van der Waals surface area contributed by atoms with Gasteiger partial charge in [-0.25, -0.2) is 9.59 Å². The molecule has 4 N–H and O–H groups in total. The molecule has 0 bridgehead atoms. The molecule has 0 unspecified atom stereocenters. The lowest BCUT2D eigenvalue weighted by molar-refractivity contribution is 0.537. The van der Waals surface area contributed by atoms with Crippen LogP contribution in [-0.2, 0) is 0 Å². The van der Waals surface area contributed by atoms with E-state index in [0.717, 1.165) is 5.56 Å². The number of hydrogen-bond acceptors (Lipinski definition) is 6. The van der Waals surface area contributed by atoms with Crippen LogP contribution in [0, 0.1) is 6.92 Å². The number of benzene rings is 3. The molecule has 0 atom stereocenters. The third-order valence-electron chi connectivity index (χ3n) is 5.77. The van der Waals surface area contributed by atoms with Gasteiger partial charge in [0.25, 0.3) is 0 Å². The number of hydrogen-bond donors (Lipinski definition) is 2. The normalized spacial score (nSPS) is 11.4. The minimum absolute atomic E-state index is 0.154. The standard InChI is InChI=1S/C26H20N2O4/c1-14-10-12-15(13-11-14)20(21-23(27)16-6-2-4-8-18(16)31-25(21)29)22-24(28)17-7-3-5-9-19(17)32-26(22)30/h2-13,20H,27-28H2,1H3.